The molecule has 0 atom stereocenters. The minimum Gasteiger partial charge on any atom is -0.414 e. The van der Waals surface area contributed by atoms with E-state index in [2.05, 4.69) is 26.1 Å². The van der Waals surface area contributed by atoms with Gasteiger partial charge < -0.3 is 4.42 Å². The molecule has 0 saturated carbocycles. The van der Waals surface area contributed by atoms with Crippen molar-refractivity contribution >= 4 is 28.1 Å². The van der Waals surface area contributed by atoms with Crippen molar-refractivity contribution < 1.29 is 4.42 Å². The average Bonchev–Trinajstić information content (AvgIpc) is 2.56. The molecule has 3 nitrogen and oxygen atoms in total. The topological polar surface area (TPSA) is 41.8 Å². The maximum absolute atomic E-state index is 5.17. The third-order valence-corrected chi connectivity index (χ3v) is 2.73. The van der Waals surface area contributed by atoms with Gasteiger partial charge >= 0.3 is 0 Å². The number of nitrogens with zero attached hydrogens (tertiary/aromatic N) is 1. The Morgan fingerprint density at radius 1 is 1.43 bits per heavy atom. The van der Waals surface area contributed by atoms with Crippen LogP contribution in [-0.2, 0) is 6.42 Å². The summed E-state index contributed by atoms with van der Waals surface area (Å²) in [5.74, 6) is 0.599. The highest BCUT2D eigenvalue weighted by Gasteiger charge is 2.04. The Hall–Kier alpha value is -0.940. The molecule has 14 heavy (non-hydrogen) atoms. The molecule has 1 aromatic carbocycles. The lowest BCUT2D eigenvalue weighted by atomic mass is 10.1. The molecule has 0 radical (unpaired) electrons. The van der Waals surface area contributed by atoms with Crippen LogP contribution in [0.5, 0.6) is 0 Å². The van der Waals surface area contributed by atoms with E-state index in [9.17, 15) is 0 Å². The van der Waals surface area contributed by atoms with Crippen LogP contribution in [0.15, 0.2) is 33.2 Å². The van der Waals surface area contributed by atoms with E-state index < -0.39 is 0 Å². The fourth-order valence-electron chi connectivity index (χ4n) is 1.14. The molecule has 1 heterocycles. The van der Waals surface area contributed by atoms with E-state index in [0.29, 0.717) is 17.1 Å². The van der Waals surface area contributed by atoms with Gasteiger partial charge in [0.2, 0.25) is 5.89 Å². The number of aromatic nitrogens is 2. The van der Waals surface area contributed by atoms with Gasteiger partial charge in [0.05, 0.1) is 6.42 Å². The zero-order chi connectivity index (χ0) is 9.97. The molecule has 2 rings (SSSR count). The summed E-state index contributed by atoms with van der Waals surface area (Å²) in [6.07, 6.45) is 0.633. The quantitative estimate of drug-likeness (QED) is 0.853. The van der Waals surface area contributed by atoms with Crippen LogP contribution in [0.25, 0.3) is 0 Å². The predicted molar refractivity (Wildman–Crippen MR) is 58.6 cm³/mol. The molecule has 1 N–H and O–H groups in total. The zero-order valence-corrected chi connectivity index (χ0v) is 9.56. The second-order valence-electron chi connectivity index (χ2n) is 2.78. The Balaban J connectivity index is 2.27. The summed E-state index contributed by atoms with van der Waals surface area (Å²) in [5, 5.41) is 6.53. The largest absolute Gasteiger partial charge is 0.414 e. The smallest absolute Gasteiger partial charge is 0.284 e. The van der Waals surface area contributed by atoms with Crippen molar-refractivity contribution in [1.29, 1.82) is 0 Å². The number of H-pyrrole nitrogens is 1. The van der Waals surface area contributed by atoms with Crippen molar-refractivity contribution in [3.8, 4) is 0 Å². The van der Waals surface area contributed by atoms with Crippen LogP contribution < -0.4 is 0 Å². The molecule has 0 aliphatic heterocycles. The number of aromatic amines is 1. The van der Waals surface area contributed by atoms with Gasteiger partial charge in [-0.25, -0.2) is 5.10 Å². The third-order valence-electron chi connectivity index (χ3n) is 1.78. The van der Waals surface area contributed by atoms with E-state index in [0.717, 1.165) is 10.0 Å². The maximum Gasteiger partial charge on any atom is 0.284 e. The molecule has 0 bridgehead atoms. The molecule has 0 unspecified atom stereocenters. The fourth-order valence-corrected chi connectivity index (χ4v) is 1.71. The summed E-state index contributed by atoms with van der Waals surface area (Å²) in [6, 6.07) is 7.93. The number of hydrogen-bond donors (Lipinski definition) is 1. The number of halogens is 1. The lowest BCUT2D eigenvalue weighted by molar-refractivity contribution is 0.491. The standard InChI is InChI=1S/C9H7BrN2OS/c10-7-4-2-1-3-6(7)5-8-11-12-9(14)13-8/h1-4H,5H2,(H,12,14). The zero-order valence-electron chi connectivity index (χ0n) is 7.16. The van der Waals surface area contributed by atoms with Gasteiger partial charge in [0.1, 0.15) is 0 Å². The second-order valence-corrected chi connectivity index (χ2v) is 4.00. The number of nitrogens with one attached hydrogen (secondary N) is 1. The molecule has 72 valence electrons. The lowest BCUT2D eigenvalue weighted by Crippen LogP contribution is -1.89. The van der Waals surface area contributed by atoms with Gasteiger partial charge in [-0.15, -0.1) is 5.10 Å². The van der Waals surface area contributed by atoms with Crippen LogP contribution in [0.1, 0.15) is 11.5 Å². The Bertz CT molecular complexity index is 491. The van der Waals surface area contributed by atoms with Crippen molar-refractivity contribution in [3.63, 3.8) is 0 Å². The molecule has 2 aromatic rings. The third kappa shape index (κ3) is 2.10. The number of benzene rings is 1. The molecule has 0 fully saturated rings. The second kappa shape index (κ2) is 4.06. The molecule has 0 amide bonds. The molecular weight excluding hydrogens is 264 g/mol. The van der Waals surface area contributed by atoms with Crippen molar-refractivity contribution in [2.45, 2.75) is 6.42 Å². The molecule has 0 saturated heterocycles. The van der Waals surface area contributed by atoms with E-state index in [4.69, 9.17) is 16.6 Å². The first-order valence-corrected chi connectivity index (χ1v) is 5.23. The van der Waals surface area contributed by atoms with Crippen LogP contribution >= 0.6 is 28.1 Å². The number of hydrogen-bond acceptors (Lipinski definition) is 3. The van der Waals surface area contributed by atoms with E-state index in [1.54, 1.807) is 0 Å². The van der Waals surface area contributed by atoms with E-state index in [1.807, 2.05) is 24.3 Å². The highest BCUT2D eigenvalue weighted by molar-refractivity contribution is 9.10. The van der Waals surface area contributed by atoms with Gasteiger partial charge in [-0.1, -0.05) is 34.1 Å². The summed E-state index contributed by atoms with van der Waals surface area (Å²) in [4.78, 5) is 0.312. The molecule has 1 aromatic heterocycles. The highest BCUT2D eigenvalue weighted by atomic mass is 79.9. The van der Waals surface area contributed by atoms with Crippen molar-refractivity contribution in [2.24, 2.45) is 0 Å². The van der Waals surface area contributed by atoms with Crippen LogP contribution in [0.3, 0.4) is 0 Å². The Morgan fingerprint density at radius 2 is 2.21 bits per heavy atom. The number of rotatable bonds is 2. The molecule has 0 spiro atoms. The van der Waals surface area contributed by atoms with Crippen molar-refractivity contribution in [2.75, 3.05) is 0 Å². The summed E-state index contributed by atoms with van der Waals surface area (Å²) in [5.41, 5.74) is 1.12. The lowest BCUT2D eigenvalue weighted by Gasteiger charge is -1.99. The van der Waals surface area contributed by atoms with Gasteiger partial charge in [-0.2, -0.15) is 0 Å². The molecule has 0 aliphatic rings. The summed E-state index contributed by atoms with van der Waals surface area (Å²) >= 11 is 8.24. The molecule has 5 heteroatoms. The molecule has 0 aliphatic carbocycles. The van der Waals surface area contributed by atoms with Crippen LogP contribution in [0.2, 0.25) is 0 Å². The van der Waals surface area contributed by atoms with Gasteiger partial charge in [0.25, 0.3) is 4.84 Å². The first kappa shape index (κ1) is 9.61. The Labute approximate surface area is 94.3 Å². The van der Waals surface area contributed by atoms with Crippen molar-refractivity contribution in [3.05, 3.63) is 45.0 Å². The minimum absolute atomic E-state index is 0.312. The summed E-state index contributed by atoms with van der Waals surface area (Å²) in [6.45, 7) is 0. The SMILES string of the molecule is S=c1[nH]nc(Cc2ccccc2Br)o1. The summed E-state index contributed by atoms with van der Waals surface area (Å²) in [7, 11) is 0. The van der Waals surface area contributed by atoms with Gasteiger partial charge in [0, 0.05) is 4.47 Å². The Kier molecular flexibility index (Phi) is 2.79. The van der Waals surface area contributed by atoms with E-state index >= 15 is 0 Å². The van der Waals surface area contributed by atoms with E-state index in [-0.39, 0.29) is 0 Å². The van der Waals surface area contributed by atoms with Gasteiger partial charge in [-0.3, -0.25) is 0 Å². The predicted octanol–water partition coefficient (Wildman–Crippen LogP) is 3.09. The first-order chi connectivity index (χ1) is 6.75. The van der Waals surface area contributed by atoms with E-state index in [1.165, 1.54) is 0 Å². The normalized spacial score (nSPS) is 10.4. The van der Waals surface area contributed by atoms with Crippen LogP contribution in [-0.4, -0.2) is 10.2 Å². The van der Waals surface area contributed by atoms with Crippen LogP contribution in [0.4, 0.5) is 0 Å². The summed E-state index contributed by atoms with van der Waals surface area (Å²) < 4.78 is 6.22. The minimum atomic E-state index is 0.312. The van der Waals surface area contributed by atoms with Crippen LogP contribution in [0, 0.1) is 4.84 Å². The molecular formula is C9H7BrN2OS. The van der Waals surface area contributed by atoms with Gasteiger partial charge in [0.15, 0.2) is 0 Å². The highest BCUT2D eigenvalue weighted by Crippen LogP contribution is 2.18. The maximum atomic E-state index is 5.17. The van der Waals surface area contributed by atoms with Crippen molar-refractivity contribution in [1.82, 2.24) is 10.2 Å². The monoisotopic (exact) mass is 270 g/mol. The van der Waals surface area contributed by atoms with Gasteiger partial charge in [-0.05, 0) is 23.8 Å². The average molecular weight is 271 g/mol. The Morgan fingerprint density at radius 3 is 2.86 bits per heavy atom. The first-order valence-electron chi connectivity index (χ1n) is 4.03. The fraction of sp³-hybridized carbons (Fsp3) is 0.111.